The van der Waals surface area contributed by atoms with Crippen LogP contribution in [0.1, 0.15) is 32.1 Å². The molecule has 0 aromatic carbocycles. The van der Waals surface area contributed by atoms with Crippen LogP contribution in [0.2, 0.25) is 0 Å². The van der Waals surface area contributed by atoms with Crippen molar-refractivity contribution in [1.82, 2.24) is 34.0 Å². The normalized spacial score (nSPS) is 21.4. The summed E-state index contributed by atoms with van der Waals surface area (Å²) in [5.74, 6) is 2.00. The van der Waals surface area contributed by atoms with Gasteiger partial charge in [-0.3, -0.25) is 4.90 Å². The Labute approximate surface area is 208 Å². The largest absolute Gasteiger partial charge is 0.378 e. The molecule has 0 radical (unpaired) electrons. The number of piperidine rings is 1. The molecule has 10 nitrogen and oxygen atoms in total. The third-order valence-electron chi connectivity index (χ3n) is 7.28. The fourth-order valence-electron chi connectivity index (χ4n) is 5.34. The number of likely N-dealkylation sites (tertiary alicyclic amines) is 1. The number of pyridine rings is 1. The van der Waals surface area contributed by atoms with E-state index >= 15 is 4.39 Å². The minimum absolute atomic E-state index is 0.251. The fraction of sp³-hybridized carbons (Fsp3) is 0.520. The van der Waals surface area contributed by atoms with E-state index in [9.17, 15) is 0 Å². The zero-order chi connectivity index (χ0) is 25.0. The van der Waals surface area contributed by atoms with Crippen LogP contribution in [0.15, 0.2) is 24.4 Å². The van der Waals surface area contributed by atoms with Crippen LogP contribution in [-0.4, -0.2) is 85.6 Å². The topological polar surface area (TPSA) is 97.4 Å². The molecular weight excluding hydrogens is 461 g/mol. The molecule has 36 heavy (non-hydrogen) atoms. The van der Waals surface area contributed by atoms with Crippen molar-refractivity contribution >= 4 is 28.4 Å². The second kappa shape index (κ2) is 8.97. The molecule has 2 saturated heterocycles. The van der Waals surface area contributed by atoms with Gasteiger partial charge in [-0.15, -0.1) is 5.10 Å². The van der Waals surface area contributed by atoms with Crippen LogP contribution in [-0.2, 0) is 4.74 Å². The van der Waals surface area contributed by atoms with Crippen molar-refractivity contribution in [2.75, 3.05) is 44.0 Å². The van der Waals surface area contributed by atoms with Crippen LogP contribution in [0, 0.1) is 6.92 Å². The standard InChI is InChI=1S/C25H32FN9O/c1-14(2)35-15(3)28-21-6-5-19(29-24(21)35)17-7-10-34-22(17)23(27-4)31-25(32-34)30-20-8-9-33(11-18(20)26)16-12-36-13-16/h5-7,10,14,16,18,20H,8-9,11-13H2,1-4H3,(H2,27,30,31,32)/t18-,20-/m0/s1. The number of hydrogen-bond acceptors (Lipinski definition) is 8. The number of halogens is 1. The highest BCUT2D eigenvalue weighted by molar-refractivity contribution is 5.89. The van der Waals surface area contributed by atoms with Crippen LogP contribution in [0.3, 0.4) is 0 Å². The van der Waals surface area contributed by atoms with E-state index in [1.165, 1.54) is 0 Å². The zero-order valence-electron chi connectivity index (χ0n) is 21.1. The van der Waals surface area contributed by atoms with Gasteiger partial charge >= 0.3 is 0 Å². The molecule has 6 rings (SSSR count). The van der Waals surface area contributed by atoms with Crippen LogP contribution in [0.25, 0.3) is 27.9 Å². The first-order chi connectivity index (χ1) is 17.4. The SMILES string of the molecule is CNc1nc(N[C@H]2CCN(C3COC3)C[C@@H]2F)nn2ccc(-c3ccc4nc(C)n(C(C)C)c4n3)c12. The number of nitrogens with zero attached hydrogens (tertiary/aromatic N) is 7. The summed E-state index contributed by atoms with van der Waals surface area (Å²) in [5.41, 5.74) is 4.30. The Hall–Kier alpha value is -3.31. The van der Waals surface area contributed by atoms with Crippen LogP contribution >= 0.6 is 0 Å². The molecular formula is C25H32FN9O. The molecule has 0 bridgehead atoms. The molecule has 0 spiro atoms. The molecule has 4 aromatic rings. The van der Waals surface area contributed by atoms with E-state index in [0.29, 0.717) is 44.0 Å². The smallest absolute Gasteiger partial charge is 0.243 e. The molecule has 0 unspecified atom stereocenters. The molecule has 0 saturated carbocycles. The maximum Gasteiger partial charge on any atom is 0.243 e. The van der Waals surface area contributed by atoms with Crippen molar-refractivity contribution in [2.45, 2.75) is 51.5 Å². The molecule has 2 aliphatic heterocycles. The summed E-state index contributed by atoms with van der Waals surface area (Å²) < 4.78 is 24.2. The number of aryl methyl sites for hydroxylation is 1. The van der Waals surface area contributed by atoms with Crippen LogP contribution in [0.5, 0.6) is 0 Å². The van der Waals surface area contributed by atoms with Gasteiger partial charge in [-0.1, -0.05) is 0 Å². The number of hydrogen-bond donors (Lipinski definition) is 2. The van der Waals surface area contributed by atoms with Gasteiger partial charge in [-0.2, -0.15) is 4.98 Å². The molecule has 2 atom stereocenters. The third-order valence-corrected chi connectivity index (χ3v) is 7.28. The summed E-state index contributed by atoms with van der Waals surface area (Å²) in [6.45, 7) is 8.91. The summed E-state index contributed by atoms with van der Waals surface area (Å²) in [7, 11) is 1.83. The van der Waals surface area contributed by atoms with Gasteiger partial charge in [0.05, 0.1) is 31.0 Å². The summed E-state index contributed by atoms with van der Waals surface area (Å²) in [6.07, 6.45) is 1.58. The maximum absolute atomic E-state index is 15.0. The zero-order valence-corrected chi connectivity index (χ0v) is 21.1. The Kier molecular flexibility index (Phi) is 5.76. The van der Waals surface area contributed by atoms with Crippen molar-refractivity contribution in [3.63, 3.8) is 0 Å². The van der Waals surface area contributed by atoms with Gasteiger partial charge in [0.1, 0.15) is 23.0 Å². The van der Waals surface area contributed by atoms with Gasteiger partial charge in [0.2, 0.25) is 5.95 Å². The van der Waals surface area contributed by atoms with Crippen molar-refractivity contribution in [3.8, 4) is 11.3 Å². The summed E-state index contributed by atoms with van der Waals surface area (Å²) in [6, 6.07) is 6.25. The number of alkyl halides is 1. The Morgan fingerprint density at radius 3 is 2.67 bits per heavy atom. The number of aromatic nitrogens is 6. The highest BCUT2D eigenvalue weighted by atomic mass is 19.1. The minimum Gasteiger partial charge on any atom is -0.378 e. The average molecular weight is 494 g/mol. The Balaban J connectivity index is 1.30. The van der Waals surface area contributed by atoms with Gasteiger partial charge in [0.25, 0.3) is 0 Å². The first kappa shape index (κ1) is 23.1. The van der Waals surface area contributed by atoms with Crippen molar-refractivity contribution < 1.29 is 9.13 Å². The lowest BCUT2D eigenvalue weighted by molar-refractivity contribution is -0.0794. The number of imidazole rings is 1. The number of anilines is 2. The second-order valence-corrected chi connectivity index (χ2v) is 9.96. The average Bonchev–Trinajstić information content (AvgIpc) is 3.38. The summed E-state index contributed by atoms with van der Waals surface area (Å²) in [4.78, 5) is 16.5. The van der Waals surface area contributed by atoms with Gasteiger partial charge in [0.15, 0.2) is 11.5 Å². The Bertz CT molecular complexity index is 1410. The molecule has 0 aliphatic carbocycles. The molecule has 2 fully saturated rings. The van der Waals surface area contributed by atoms with Crippen molar-refractivity contribution in [2.24, 2.45) is 0 Å². The summed E-state index contributed by atoms with van der Waals surface area (Å²) in [5, 5.41) is 11.1. The number of nitrogens with one attached hydrogen (secondary N) is 2. The quantitative estimate of drug-likeness (QED) is 0.422. The van der Waals surface area contributed by atoms with E-state index in [1.54, 1.807) is 4.52 Å². The first-order valence-electron chi connectivity index (χ1n) is 12.6. The number of ether oxygens (including phenoxy) is 1. The lowest BCUT2D eigenvalue weighted by atomic mass is 10.0. The highest BCUT2D eigenvalue weighted by Crippen LogP contribution is 2.31. The molecule has 11 heteroatoms. The monoisotopic (exact) mass is 493 g/mol. The van der Waals surface area contributed by atoms with E-state index < -0.39 is 6.17 Å². The van der Waals surface area contributed by atoms with E-state index in [4.69, 9.17) is 14.7 Å². The molecule has 4 aromatic heterocycles. The number of fused-ring (bicyclic) bond motifs is 2. The highest BCUT2D eigenvalue weighted by Gasteiger charge is 2.35. The van der Waals surface area contributed by atoms with Gasteiger partial charge in [-0.25, -0.2) is 18.9 Å². The molecule has 2 aliphatic rings. The Morgan fingerprint density at radius 1 is 1.14 bits per heavy atom. The lowest BCUT2D eigenvalue weighted by Gasteiger charge is -2.42. The van der Waals surface area contributed by atoms with Crippen molar-refractivity contribution in [3.05, 3.63) is 30.2 Å². The van der Waals surface area contributed by atoms with Crippen LogP contribution < -0.4 is 10.6 Å². The lowest BCUT2D eigenvalue weighted by Crippen LogP contribution is -2.57. The minimum atomic E-state index is -0.998. The predicted octanol–water partition coefficient (Wildman–Crippen LogP) is 3.30. The Morgan fingerprint density at radius 2 is 1.97 bits per heavy atom. The van der Waals surface area contributed by atoms with Crippen molar-refractivity contribution in [1.29, 1.82) is 0 Å². The van der Waals surface area contributed by atoms with Gasteiger partial charge < -0.3 is 19.9 Å². The third kappa shape index (κ3) is 3.86. The van der Waals surface area contributed by atoms with E-state index in [-0.39, 0.29) is 12.1 Å². The first-order valence-corrected chi connectivity index (χ1v) is 12.6. The molecule has 2 N–H and O–H groups in total. The second-order valence-electron chi connectivity index (χ2n) is 9.96. The van der Waals surface area contributed by atoms with Gasteiger partial charge in [0, 0.05) is 37.9 Å². The molecule has 6 heterocycles. The fourth-order valence-corrected chi connectivity index (χ4v) is 5.34. The number of rotatable bonds is 6. The molecule has 0 amide bonds. The maximum atomic E-state index is 15.0. The van der Waals surface area contributed by atoms with E-state index in [1.807, 2.05) is 38.4 Å². The van der Waals surface area contributed by atoms with E-state index in [0.717, 1.165) is 40.3 Å². The molecule has 190 valence electrons. The van der Waals surface area contributed by atoms with Gasteiger partial charge in [-0.05, 0) is 45.4 Å². The van der Waals surface area contributed by atoms with E-state index in [2.05, 4.69) is 44.0 Å². The summed E-state index contributed by atoms with van der Waals surface area (Å²) >= 11 is 0. The predicted molar refractivity (Wildman–Crippen MR) is 137 cm³/mol. The van der Waals surface area contributed by atoms with Crippen LogP contribution in [0.4, 0.5) is 16.2 Å².